The highest BCUT2D eigenvalue weighted by atomic mass is 16.5. The van der Waals surface area contributed by atoms with Crippen LogP contribution >= 0.6 is 0 Å². The number of unbranched alkanes of at least 4 members (excludes halogenated alkanes) is 1. The standard InChI is InChI=1S/C15H19NO6/c1-2-21-15(20)16-13(18)11-7-3-4-8-12(11)14(19)22-10-6-5-9-17/h3-4,7-8,17H,2,5-6,9-10H2,1H3,(H,16,18,20). The van der Waals surface area contributed by atoms with E-state index in [1.807, 2.05) is 5.32 Å². The summed E-state index contributed by atoms with van der Waals surface area (Å²) in [5.41, 5.74) is 0.0935. The number of hydrogen-bond acceptors (Lipinski definition) is 6. The maximum atomic E-state index is 12.0. The molecule has 0 spiro atoms. The minimum Gasteiger partial charge on any atom is -0.462 e. The lowest BCUT2D eigenvalue weighted by molar-refractivity contribution is 0.0488. The Morgan fingerprint density at radius 2 is 1.77 bits per heavy atom. The van der Waals surface area contributed by atoms with Crippen molar-refractivity contribution < 1.29 is 29.0 Å². The van der Waals surface area contributed by atoms with Crippen LogP contribution in [0.2, 0.25) is 0 Å². The highest BCUT2D eigenvalue weighted by molar-refractivity contribution is 6.09. The minimum absolute atomic E-state index is 0.0239. The summed E-state index contributed by atoms with van der Waals surface area (Å²) in [6, 6.07) is 6.02. The fourth-order valence-electron chi connectivity index (χ4n) is 1.64. The Morgan fingerprint density at radius 3 is 2.41 bits per heavy atom. The van der Waals surface area contributed by atoms with Crippen molar-refractivity contribution in [2.24, 2.45) is 0 Å². The van der Waals surface area contributed by atoms with Crippen LogP contribution in [0.4, 0.5) is 4.79 Å². The van der Waals surface area contributed by atoms with Gasteiger partial charge in [-0.05, 0) is 31.9 Å². The molecule has 0 saturated carbocycles. The van der Waals surface area contributed by atoms with Gasteiger partial charge in [0.2, 0.25) is 0 Å². The molecule has 0 aromatic heterocycles. The van der Waals surface area contributed by atoms with E-state index in [-0.39, 0.29) is 30.9 Å². The van der Waals surface area contributed by atoms with E-state index in [0.29, 0.717) is 12.8 Å². The van der Waals surface area contributed by atoms with Crippen molar-refractivity contribution in [3.05, 3.63) is 35.4 Å². The molecule has 2 amide bonds. The van der Waals surface area contributed by atoms with Gasteiger partial charge in [-0.3, -0.25) is 10.1 Å². The van der Waals surface area contributed by atoms with Crippen molar-refractivity contribution in [1.29, 1.82) is 0 Å². The number of esters is 1. The quantitative estimate of drug-likeness (QED) is 0.584. The second kappa shape index (κ2) is 9.51. The fourth-order valence-corrected chi connectivity index (χ4v) is 1.64. The first-order chi connectivity index (χ1) is 10.6. The monoisotopic (exact) mass is 309 g/mol. The molecule has 1 aromatic carbocycles. The zero-order valence-electron chi connectivity index (χ0n) is 12.3. The highest BCUT2D eigenvalue weighted by Crippen LogP contribution is 2.11. The van der Waals surface area contributed by atoms with Gasteiger partial charge in [0.25, 0.3) is 5.91 Å². The van der Waals surface area contributed by atoms with Crippen LogP contribution in [0.25, 0.3) is 0 Å². The van der Waals surface area contributed by atoms with Gasteiger partial charge in [-0.25, -0.2) is 9.59 Å². The van der Waals surface area contributed by atoms with E-state index >= 15 is 0 Å². The normalized spacial score (nSPS) is 9.91. The largest absolute Gasteiger partial charge is 0.462 e. The molecular weight excluding hydrogens is 290 g/mol. The van der Waals surface area contributed by atoms with E-state index in [9.17, 15) is 14.4 Å². The molecule has 1 rings (SSSR count). The molecule has 120 valence electrons. The predicted octanol–water partition coefficient (Wildman–Crippen LogP) is 1.50. The molecule has 0 atom stereocenters. The molecule has 7 nitrogen and oxygen atoms in total. The van der Waals surface area contributed by atoms with E-state index < -0.39 is 18.0 Å². The van der Waals surface area contributed by atoms with Gasteiger partial charge in [0.05, 0.1) is 24.3 Å². The first-order valence-corrected chi connectivity index (χ1v) is 6.95. The highest BCUT2D eigenvalue weighted by Gasteiger charge is 2.19. The summed E-state index contributed by atoms with van der Waals surface area (Å²) in [7, 11) is 0. The van der Waals surface area contributed by atoms with Gasteiger partial charge in [-0.1, -0.05) is 12.1 Å². The molecule has 0 aliphatic carbocycles. The van der Waals surface area contributed by atoms with Gasteiger partial charge in [0.1, 0.15) is 0 Å². The molecule has 0 aliphatic rings. The van der Waals surface area contributed by atoms with Crippen LogP contribution in [-0.4, -0.2) is 42.9 Å². The molecule has 22 heavy (non-hydrogen) atoms. The summed E-state index contributed by atoms with van der Waals surface area (Å²) in [6.07, 6.45) is 0.177. The third-order valence-electron chi connectivity index (χ3n) is 2.67. The lowest BCUT2D eigenvalue weighted by atomic mass is 10.1. The minimum atomic E-state index is -0.876. The van der Waals surface area contributed by atoms with E-state index in [2.05, 4.69) is 4.74 Å². The van der Waals surface area contributed by atoms with Gasteiger partial charge in [-0.2, -0.15) is 0 Å². The average Bonchev–Trinajstić information content (AvgIpc) is 2.51. The maximum Gasteiger partial charge on any atom is 0.414 e. The summed E-state index contributed by atoms with van der Waals surface area (Å²) in [4.78, 5) is 35.2. The number of rotatable bonds is 7. The van der Waals surface area contributed by atoms with Crippen molar-refractivity contribution in [3.8, 4) is 0 Å². The molecule has 0 aliphatic heterocycles. The van der Waals surface area contributed by atoms with Gasteiger partial charge >= 0.3 is 12.1 Å². The van der Waals surface area contributed by atoms with Crippen LogP contribution in [0.5, 0.6) is 0 Å². The number of ether oxygens (including phenoxy) is 2. The van der Waals surface area contributed by atoms with Crippen LogP contribution in [-0.2, 0) is 9.47 Å². The summed E-state index contributed by atoms with van der Waals surface area (Å²) in [5, 5.41) is 10.7. The lowest BCUT2D eigenvalue weighted by Crippen LogP contribution is -2.32. The van der Waals surface area contributed by atoms with E-state index in [1.54, 1.807) is 19.1 Å². The zero-order chi connectivity index (χ0) is 16.4. The molecule has 0 bridgehead atoms. The number of carbonyl (C=O) groups excluding carboxylic acids is 3. The molecular formula is C15H19NO6. The Bertz CT molecular complexity index is 529. The Morgan fingerprint density at radius 1 is 1.09 bits per heavy atom. The number of nitrogens with one attached hydrogen (secondary N) is 1. The average molecular weight is 309 g/mol. The number of benzene rings is 1. The van der Waals surface area contributed by atoms with Crippen LogP contribution in [0.15, 0.2) is 24.3 Å². The fraction of sp³-hybridized carbons (Fsp3) is 0.400. The lowest BCUT2D eigenvalue weighted by Gasteiger charge is -2.09. The van der Waals surface area contributed by atoms with Crippen molar-refractivity contribution in [2.75, 3.05) is 19.8 Å². The second-order valence-electron chi connectivity index (χ2n) is 4.29. The molecule has 0 fully saturated rings. The van der Waals surface area contributed by atoms with Crippen molar-refractivity contribution in [2.45, 2.75) is 19.8 Å². The number of imide groups is 1. The van der Waals surface area contributed by atoms with Crippen LogP contribution in [0.1, 0.15) is 40.5 Å². The van der Waals surface area contributed by atoms with Crippen molar-refractivity contribution in [1.82, 2.24) is 5.32 Å². The Kier molecular flexibility index (Phi) is 7.63. The Labute approximate surface area is 128 Å². The van der Waals surface area contributed by atoms with E-state index in [4.69, 9.17) is 9.84 Å². The first kappa shape index (κ1) is 17.6. The molecule has 1 aromatic rings. The third kappa shape index (κ3) is 5.53. The number of aliphatic hydroxyl groups excluding tert-OH is 1. The summed E-state index contributed by atoms with van der Waals surface area (Å²) in [5.74, 6) is -1.39. The van der Waals surface area contributed by atoms with Crippen molar-refractivity contribution >= 4 is 18.0 Å². The van der Waals surface area contributed by atoms with Crippen molar-refractivity contribution in [3.63, 3.8) is 0 Å². The van der Waals surface area contributed by atoms with E-state index in [0.717, 1.165) is 0 Å². The van der Waals surface area contributed by atoms with Gasteiger partial charge < -0.3 is 14.6 Å². The predicted molar refractivity (Wildman–Crippen MR) is 77.5 cm³/mol. The number of alkyl carbamates (subject to hydrolysis) is 1. The molecule has 2 N–H and O–H groups in total. The Hall–Kier alpha value is -2.41. The summed E-state index contributed by atoms with van der Waals surface area (Å²) in [6.45, 7) is 1.92. The smallest absolute Gasteiger partial charge is 0.414 e. The second-order valence-corrected chi connectivity index (χ2v) is 4.29. The first-order valence-electron chi connectivity index (χ1n) is 6.95. The molecule has 7 heteroatoms. The third-order valence-corrected chi connectivity index (χ3v) is 2.67. The summed E-state index contributed by atoms with van der Waals surface area (Å²) < 4.78 is 9.64. The van der Waals surface area contributed by atoms with Gasteiger partial charge in [0.15, 0.2) is 0 Å². The number of aliphatic hydroxyl groups is 1. The maximum absolute atomic E-state index is 12.0. The number of carbonyl (C=O) groups is 3. The summed E-state index contributed by atoms with van der Waals surface area (Å²) >= 11 is 0. The number of amides is 2. The molecule has 0 heterocycles. The van der Waals surface area contributed by atoms with Crippen LogP contribution < -0.4 is 5.32 Å². The van der Waals surface area contributed by atoms with Gasteiger partial charge in [0, 0.05) is 6.61 Å². The topological polar surface area (TPSA) is 102 Å². The molecule has 0 saturated heterocycles. The molecule has 0 unspecified atom stereocenters. The van der Waals surface area contributed by atoms with E-state index in [1.165, 1.54) is 12.1 Å². The van der Waals surface area contributed by atoms with Crippen LogP contribution in [0.3, 0.4) is 0 Å². The number of hydrogen-bond donors (Lipinski definition) is 2. The van der Waals surface area contributed by atoms with Crippen LogP contribution in [0, 0.1) is 0 Å². The SMILES string of the molecule is CCOC(=O)NC(=O)c1ccccc1C(=O)OCCCCO. The molecule has 0 radical (unpaired) electrons. The van der Waals surface area contributed by atoms with Gasteiger partial charge in [-0.15, -0.1) is 0 Å². The zero-order valence-corrected chi connectivity index (χ0v) is 12.3. The Balaban J connectivity index is 2.74.